The van der Waals surface area contributed by atoms with Gasteiger partial charge in [0.25, 0.3) is 0 Å². The maximum Gasteiger partial charge on any atom is 0.573 e. The number of oxime groups is 1. The van der Waals surface area contributed by atoms with Crippen molar-refractivity contribution < 1.29 is 32.6 Å². The molecule has 2 aromatic carbocycles. The second-order valence-electron chi connectivity index (χ2n) is 9.34. The average Bonchev–Trinajstić information content (AvgIpc) is 3.56. The van der Waals surface area contributed by atoms with Crippen LogP contribution in [0.15, 0.2) is 47.6 Å². The van der Waals surface area contributed by atoms with E-state index in [1.165, 1.54) is 6.07 Å². The molecule has 0 bridgehead atoms. The zero-order chi connectivity index (χ0) is 23.9. The van der Waals surface area contributed by atoms with E-state index in [-0.39, 0.29) is 22.8 Å². The number of hydrogen-bond acceptors (Lipinski definition) is 5. The summed E-state index contributed by atoms with van der Waals surface area (Å²) in [5.41, 5.74) is 3.18. The molecule has 0 amide bonds. The lowest BCUT2D eigenvalue weighted by molar-refractivity contribution is -0.274. The molecule has 1 aliphatic carbocycles. The molecule has 3 aliphatic rings. The second-order valence-corrected chi connectivity index (χ2v) is 9.34. The van der Waals surface area contributed by atoms with Crippen molar-refractivity contribution >= 4 is 11.7 Å². The Kier molecular flexibility index (Phi) is 5.75. The van der Waals surface area contributed by atoms with Crippen molar-refractivity contribution in [1.82, 2.24) is 4.90 Å². The average molecular weight is 474 g/mol. The number of halogens is 3. The smallest absolute Gasteiger partial charge is 0.478 e. The number of piperidine rings is 1. The highest BCUT2D eigenvalue weighted by Gasteiger charge is 2.42. The number of carbonyl (C=O) groups is 1. The maximum absolute atomic E-state index is 12.7. The first-order valence-electron chi connectivity index (χ1n) is 11.4. The summed E-state index contributed by atoms with van der Waals surface area (Å²) in [6, 6.07) is 11.6. The van der Waals surface area contributed by atoms with Gasteiger partial charge in [-0.2, -0.15) is 0 Å². The number of rotatable bonds is 6. The van der Waals surface area contributed by atoms with E-state index in [1.54, 1.807) is 30.3 Å². The highest BCUT2D eigenvalue weighted by molar-refractivity contribution is 6.02. The minimum Gasteiger partial charge on any atom is -0.478 e. The topological polar surface area (TPSA) is 71.4 Å². The standard InChI is InChI=1S/C25H25F3N2O4/c26-25(27,28)33-22-8-1-16(13-20(22)17-2-3-17)15-30-11-9-24(10-12-30)14-21(29-34-24)18-4-6-19(7-5-18)23(31)32/h1,4-8,13,17H,2-3,9-12,14-15H2,(H,31,32). The molecule has 2 aromatic rings. The van der Waals surface area contributed by atoms with Crippen LogP contribution in [0.25, 0.3) is 0 Å². The van der Waals surface area contributed by atoms with Crippen LogP contribution in [-0.4, -0.2) is 46.7 Å². The van der Waals surface area contributed by atoms with Crippen molar-refractivity contribution in [3.63, 3.8) is 0 Å². The normalized spacial score (nSPS) is 20.1. The van der Waals surface area contributed by atoms with Crippen LogP contribution in [0.3, 0.4) is 0 Å². The van der Waals surface area contributed by atoms with Crippen molar-refractivity contribution in [3.8, 4) is 5.75 Å². The Morgan fingerprint density at radius 1 is 1.15 bits per heavy atom. The fourth-order valence-corrected chi connectivity index (χ4v) is 4.75. The monoisotopic (exact) mass is 474 g/mol. The summed E-state index contributed by atoms with van der Waals surface area (Å²) in [6.07, 6.45) is -0.656. The van der Waals surface area contributed by atoms with Gasteiger partial charge in [0.15, 0.2) is 0 Å². The predicted octanol–water partition coefficient (Wildman–Crippen LogP) is 5.32. The third-order valence-corrected chi connectivity index (χ3v) is 6.79. The molecular weight excluding hydrogens is 449 g/mol. The summed E-state index contributed by atoms with van der Waals surface area (Å²) in [5, 5.41) is 13.4. The van der Waals surface area contributed by atoms with Gasteiger partial charge >= 0.3 is 12.3 Å². The molecule has 2 fully saturated rings. The summed E-state index contributed by atoms with van der Waals surface area (Å²) < 4.78 is 42.4. The summed E-state index contributed by atoms with van der Waals surface area (Å²) in [6.45, 7) is 2.24. The predicted molar refractivity (Wildman–Crippen MR) is 118 cm³/mol. The molecule has 9 heteroatoms. The molecule has 0 atom stereocenters. The van der Waals surface area contributed by atoms with Gasteiger partial charge in [0.05, 0.1) is 11.3 Å². The Morgan fingerprint density at radius 2 is 1.85 bits per heavy atom. The number of hydrogen-bond donors (Lipinski definition) is 1. The Morgan fingerprint density at radius 3 is 2.47 bits per heavy atom. The Labute approximate surface area is 195 Å². The fraction of sp³-hybridized carbons (Fsp3) is 0.440. The number of likely N-dealkylation sites (tertiary alicyclic amines) is 1. The van der Waals surface area contributed by atoms with E-state index >= 15 is 0 Å². The van der Waals surface area contributed by atoms with Crippen LogP contribution in [-0.2, 0) is 11.4 Å². The summed E-state index contributed by atoms with van der Waals surface area (Å²) in [4.78, 5) is 19.2. The van der Waals surface area contributed by atoms with E-state index in [0.29, 0.717) is 18.5 Å². The third kappa shape index (κ3) is 5.04. The zero-order valence-corrected chi connectivity index (χ0v) is 18.5. The number of carboxylic acids is 1. The van der Waals surface area contributed by atoms with Crippen LogP contribution < -0.4 is 4.74 Å². The minimum absolute atomic E-state index is 0.0863. The lowest BCUT2D eigenvalue weighted by atomic mass is 9.85. The molecular formula is C25H25F3N2O4. The molecule has 34 heavy (non-hydrogen) atoms. The molecule has 6 nitrogen and oxygen atoms in total. The maximum atomic E-state index is 12.7. The van der Waals surface area contributed by atoms with Crippen molar-refractivity contribution in [2.24, 2.45) is 5.16 Å². The minimum atomic E-state index is -4.69. The van der Waals surface area contributed by atoms with Crippen molar-refractivity contribution in [3.05, 3.63) is 64.7 Å². The first-order valence-corrected chi connectivity index (χ1v) is 11.4. The van der Waals surface area contributed by atoms with Crippen molar-refractivity contribution in [1.29, 1.82) is 0 Å². The first-order chi connectivity index (χ1) is 16.2. The van der Waals surface area contributed by atoms with Gasteiger partial charge in [-0.3, -0.25) is 4.90 Å². The molecule has 5 rings (SSSR count). The number of alkyl halides is 3. The Hall–Kier alpha value is -3.07. The van der Waals surface area contributed by atoms with Gasteiger partial charge in [0.2, 0.25) is 0 Å². The van der Waals surface area contributed by atoms with Crippen LogP contribution in [0.4, 0.5) is 13.2 Å². The summed E-state index contributed by atoms with van der Waals surface area (Å²) in [5.74, 6) is -0.905. The lowest BCUT2D eigenvalue weighted by Gasteiger charge is -2.37. The van der Waals surface area contributed by atoms with Crippen molar-refractivity contribution in [2.75, 3.05) is 13.1 Å². The summed E-state index contributed by atoms with van der Waals surface area (Å²) >= 11 is 0. The number of benzene rings is 2. The molecule has 2 aliphatic heterocycles. The quantitative estimate of drug-likeness (QED) is 0.614. The van der Waals surface area contributed by atoms with E-state index in [4.69, 9.17) is 9.94 Å². The Balaban J connectivity index is 1.18. The van der Waals surface area contributed by atoms with Gasteiger partial charge in [-0.05, 0) is 53.6 Å². The molecule has 0 aromatic heterocycles. The van der Waals surface area contributed by atoms with Gasteiger partial charge in [0.1, 0.15) is 11.4 Å². The molecule has 180 valence electrons. The van der Waals surface area contributed by atoms with Crippen molar-refractivity contribution in [2.45, 2.75) is 56.5 Å². The molecule has 0 radical (unpaired) electrons. The lowest BCUT2D eigenvalue weighted by Crippen LogP contribution is -2.44. The number of ether oxygens (including phenoxy) is 1. The number of nitrogens with zero attached hydrogens (tertiary/aromatic N) is 2. The van der Waals surface area contributed by atoms with E-state index in [1.807, 2.05) is 6.07 Å². The number of carboxylic acid groups (broad SMARTS) is 1. The fourth-order valence-electron chi connectivity index (χ4n) is 4.75. The molecule has 0 unspecified atom stereocenters. The van der Waals surface area contributed by atoms with Crippen LogP contribution in [0.5, 0.6) is 5.75 Å². The van der Waals surface area contributed by atoms with Crippen LogP contribution >= 0.6 is 0 Å². The second kappa shape index (κ2) is 8.61. The van der Waals surface area contributed by atoms with Gasteiger partial charge < -0.3 is 14.7 Å². The largest absolute Gasteiger partial charge is 0.573 e. The summed E-state index contributed by atoms with van der Waals surface area (Å²) in [7, 11) is 0. The van der Waals surface area contributed by atoms with Gasteiger partial charge in [-0.25, -0.2) is 4.79 Å². The van der Waals surface area contributed by atoms with Gasteiger partial charge in [-0.1, -0.05) is 29.4 Å². The zero-order valence-electron chi connectivity index (χ0n) is 18.5. The highest BCUT2D eigenvalue weighted by atomic mass is 19.4. The van der Waals surface area contributed by atoms with E-state index in [0.717, 1.165) is 55.6 Å². The van der Waals surface area contributed by atoms with Crippen LogP contribution in [0, 0.1) is 0 Å². The van der Waals surface area contributed by atoms with Crippen LogP contribution in [0.2, 0.25) is 0 Å². The van der Waals surface area contributed by atoms with Gasteiger partial charge in [-0.15, -0.1) is 13.2 Å². The van der Waals surface area contributed by atoms with Gasteiger partial charge in [0, 0.05) is 38.9 Å². The molecule has 1 spiro atoms. The number of aromatic carboxylic acids is 1. The van der Waals surface area contributed by atoms with E-state index in [9.17, 15) is 18.0 Å². The SMILES string of the molecule is O=C(O)c1ccc(C2=NOC3(CCN(Cc4ccc(OC(F)(F)F)c(C5CC5)c4)CC3)C2)cc1. The molecule has 1 saturated carbocycles. The van der Waals surface area contributed by atoms with E-state index < -0.39 is 12.3 Å². The first kappa shape index (κ1) is 22.7. The molecule has 1 saturated heterocycles. The Bertz CT molecular complexity index is 1100. The molecule has 1 N–H and O–H groups in total. The third-order valence-electron chi connectivity index (χ3n) is 6.79. The molecule has 2 heterocycles. The van der Waals surface area contributed by atoms with E-state index in [2.05, 4.69) is 14.8 Å². The highest BCUT2D eigenvalue weighted by Crippen LogP contribution is 2.46. The van der Waals surface area contributed by atoms with Crippen LogP contribution in [0.1, 0.15) is 65.1 Å².